The second-order valence-electron chi connectivity index (χ2n) is 3.01. The lowest BCUT2D eigenvalue weighted by molar-refractivity contribution is 0.133. The minimum atomic E-state index is 0.0108. The van der Waals surface area contributed by atoms with Crippen LogP contribution in [0.5, 0.6) is 0 Å². The van der Waals surface area contributed by atoms with E-state index in [0.29, 0.717) is 19.6 Å². The maximum absolute atomic E-state index is 5.80. The molecule has 0 spiro atoms. The van der Waals surface area contributed by atoms with Gasteiger partial charge in [-0.2, -0.15) is 0 Å². The maximum atomic E-state index is 5.80. The van der Waals surface area contributed by atoms with Crippen LogP contribution in [0.25, 0.3) is 0 Å². The van der Waals surface area contributed by atoms with E-state index in [1.54, 1.807) is 4.68 Å². The Morgan fingerprint density at radius 1 is 1.69 bits per heavy atom. The molecule has 1 aromatic rings. The van der Waals surface area contributed by atoms with Gasteiger partial charge >= 0.3 is 0 Å². The molecular weight excluding hydrogens is 168 g/mol. The number of aryl methyl sites for hydroxylation is 1. The molecule has 2 N–H and O–H groups in total. The van der Waals surface area contributed by atoms with Gasteiger partial charge < -0.3 is 10.5 Å². The van der Waals surface area contributed by atoms with Crippen molar-refractivity contribution in [1.29, 1.82) is 0 Å². The molecule has 0 radical (unpaired) electrons. The molecule has 1 atom stereocenters. The quantitative estimate of drug-likeness (QED) is 0.683. The molecule has 0 aliphatic heterocycles. The third-order valence-corrected chi connectivity index (χ3v) is 1.66. The van der Waals surface area contributed by atoms with E-state index in [1.807, 2.05) is 20.2 Å². The van der Waals surface area contributed by atoms with Crippen molar-refractivity contribution in [2.45, 2.75) is 19.4 Å². The topological polar surface area (TPSA) is 66.0 Å². The van der Waals surface area contributed by atoms with Crippen LogP contribution in [0.15, 0.2) is 6.20 Å². The zero-order valence-corrected chi connectivity index (χ0v) is 8.10. The molecule has 0 saturated heterocycles. The van der Waals surface area contributed by atoms with E-state index in [0.717, 1.165) is 5.69 Å². The van der Waals surface area contributed by atoms with Gasteiger partial charge in [-0.05, 0) is 6.92 Å². The fraction of sp³-hybridized carbons (Fsp3) is 0.750. The van der Waals surface area contributed by atoms with Gasteiger partial charge in [0.1, 0.15) is 0 Å². The van der Waals surface area contributed by atoms with E-state index in [1.165, 1.54) is 0 Å². The van der Waals surface area contributed by atoms with Crippen molar-refractivity contribution in [3.05, 3.63) is 11.9 Å². The third-order valence-electron chi connectivity index (χ3n) is 1.66. The number of nitrogens with zero attached hydrogens (tertiary/aromatic N) is 3. The molecule has 5 heteroatoms. The molecule has 74 valence electrons. The molecule has 5 nitrogen and oxygen atoms in total. The van der Waals surface area contributed by atoms with Crippen molar-refractivity contribution in [3.8, 4) is 0 Å². The van der Waals surface area contributed by atoms with Crippen LogP contribution < -0.4 is 5.73 Å². The van der Waals surface area contributed by atoms with E-state index in [2.05, 4.69) is 10.3 Å². The van der Waals surface area contributed by atoms with E-state index in [4.69, 9.17) is 10.5 Å². The second-order valence-corrected chi connectivity index (χ2v) is 3.01. The van der Waals surface area contributed by atoms with E-state index in [9.17, 15) is 0 Å². The minimum absolute atomic E-state index is 0.0108. The Labute approximate surface area is 77.9 Å². The molecule has 0 aliphatic rings. The molecule has 13 heavy (non-hydrogen) atoms. The van der Waals surface area contributed by atoms with E-state index < -0.39 is 0 Å². The Hall–Kier alpha value is -0.940. The third kappa shape index (κ3) is 3.52. The predicted octanol–water partition coefficient (Wildman–Crippen LogP) is -0.279. The number of rotatable bonds is 5. The lowest BCUT2D eigenvalue weighted by Crippen LogP contribution is -2.28. The monoisotopic (exact) mass is 184 g/mol. The Morgan fingerprint density at radius 3 is 3.00 bits per heavy atom. The Kier molecular flexibility index (Phi) is 3.85. The average molecular weight is 184 g/mol. The fourth-order valence-corrected chi connectivity index (χ4v) is 1.09. The van der Waals surface area contributed by atoms with Crippen molar-refractivity contribution < 1.29 is 4.74 Å². The number of hydrogen-bond donors (Lipinski definition) is 1. The highest BCUT2D eigenvalue weighted by Crippen LogP contribution is 1.96. The van der Waals surface area contributed by atoms with Crippen molar-refractivity contribution in [2.75, 3.05) is 13.2 Å². The van der Waals surface area contributed by atoms with Gasteiger partial charge in [0.2, 0.25) is 0 Å². The van der Waals surface area contributed by atoms with Gasteiger partial charge in [0.25, 0.3) is 0 Å². The van der Waals surface area contributed by atoms with Gasteiger partial charge in [-0.15, -0.1) is 5.10 Å². The molecule has 1 aromatic heterocycles. The van der Waals surface area contributed by atoms with Crippen molar-refractivity contribution in [1.82, 2.24) is 15.0 Å². The molecule has 1 unspecified atom stereocenters. The number of ether oxygens (including phenoxy) is 1. The average Bonchev–Trinajstić information content (AvgIpc) is 2.48. The number of nitrogens with two attached hydrogens (primary N) is 1. The molecule has 0 saturated carbocycles. The van der Waals surface area contributed by atoms with Crippen LogP contribution in [0.1, 0.15) is 12.6 Å². The number of hydrogen-bond acceptors (Lipinski definition) is 4. The maximum Gasteiger partial charge on any atom is 0.0843 e. The molecule has 0 fully saturated rings. The summed E-state index contributed by atoms with van der Waals surface area (Å²) in [4.78, 5) is 0. The summed E-state index contributed by atoms with van der Waals surface area (Å²) in [6, 6.07) is 0.0108. The van der Waals surface area contributed by atoms with Crippen molar-refractivity contribution in [3.63, 3.8) is 0 Å². The van der Waals surface area contributed by atoms with Gasteiger partial charge in [-0.3, -0.25) is 4.68 Å². The molecule has 0 aromatic carbocycles. The largest absolute Gasteiger partial charge is 0.380 e. The van der Waals surface area contributed by atoms with E-state index in [-0.39, 0.29) is 6.04 Å². The first-order valence-corrected chi connectivity index (χ1v) is 4.41. The smallest absolute Gasteiger partial charge is 0.0843 e. The molecule has 0 amide bonds. The summed E-state index contributed by atoms with van der Waals surface area (Å²) in [5.41, 5.74) is 6.71. The zero-order chi connectivity index (χ0) is 9.68. The summed E-state index contributed by atoms with van der Waals surface area (Å²) in [6.45, 7) is 3.23. The number of aromatic nitrogens is 3. The highest BCUT2D eigenvalue weighted by Gasteiger charge is 2.06. The van der Waals surface area contributed by atoms with Gasteiger partial charge in [0.05, 0.1) is 12.3 Å². The lowest BCUT2D eigenvalue weighted by Gasteiger charge is -2.08. The highest BCUT2D eigenvalue weighted by molar-refractivity contribution is 4.94. The van der Waals surface area contributed by atoms with Gasteiger partial charge in [-0.1, -0.05) is 5.21 Å². The molecule has 0 bridgehead atoms. The SMILES string of the molecule is CCOCC(N)Cc1cn(C)nn1. The second kappa shape index (κ2) is 4.94. The van der Waals surface area contributed by atoms with Crippen molar-refractivity contribution >= 4 is 0 Å². The van der Waals surface area contributed by atoms with Crippen LogP contribution in [-0.2, 0) is 18.2 Å². The van der Waals surface area contributed by atoms with Gasteiger partial charge in [-0.25, -0.2) is 0 Å². The Morgan fingerprint density at radius 2 is 2.46 bits per heavy atom. The summed E-state index contributed by atoms with van der Waals surface area (Å²) in [6.07, 6.45) is 2.58. The molecule has 1 rings (SSSR count). The first kappa shape index (κ1) is 10.1. The van der Waals surface area contributed by atoms with Crippen LogP contribution in [0.2, 0.25) is 0 Å². The van der Waals surface area contributed by atoms with Crippen LogP contribution in [0, 0.1) is 0 Å². The van der Waals surface area contributed by atoms with Crippen LogP contribution >= 0.6 is 0 Å². The molecular formula is C8H16N4O. The normalized spacial score (nSPS) is 13.2. The summed E-state index contributed by atoms with van der Waals surface area (Å²) < 4.78 is 6.86. The first-order chi connectivity index (χ1) is 6.22. The zero-order valence-electron chi connectivity index (χ0n) is 8.10. The predicted molar refractivity (Wildman–Crippen MR) is 49.2 cm³/mol. The summed E-state index contributed by atoms with van der Waals surface area (Å²) in [7, 11) is 1.84. The summed E-state index contributed by atoms with van der Waals surface area (Å²) >= 11 is 0. The molecule has 1 heterocycles. The van der Waals surface area contributed by atoms with Gasteiger partial charge in [0, 0.05) is 32.3 Å². The summed E-state index contributed by atoms with van der Waals surface area (Å²) in [5, 5.41) is 7.76. The van der Waals surface area contributed by atoms with Crippen LogP contribution in [-0.4, -0.2) is 34.2 Å². The van der Waals surface area contributed by atoms with Gasteiger partial charge in [0.15, 0.2) is 0 Å². The standard InChI is InChI=1S/C8H16N4O/c1-3-13-6-7(9)4-8-5-12(2)11-10-8/h5,7H,3-4,6,9H2,1-2H3. The minimum Gasteiger partial charge on any atom is -0.380 e. The van der Waals surface area contributed by atoms with E-state index >= 15 is 0 Å². The molecule has 0 aliphatic carbocycles. The van der Waals surface area contributed by atoms with Crippen molar-refractivity contribution in [2.24, 2.45) is 12.8 Å². The fourth-order valence-electron chi connectivity index (χ4n) is 1.09. The highest BCUT2D eigenvalue weighted by atomic mass is 16.5. The van der Waals surface area contributed by atoms with Crippen LogP contribution in [0.3, 0.4) is 0 Å². The van der Waals surface area contributed by atoms with Crippen LogP contribution in [0.4, 0.5) is 0 Å². The summed E-state index contributed by atoms with van der Waals surface area (Å²) in [5.74, 6) is 0. The first-order valence-electron chi connectivity index (χ1n) is 4.41. The Bertz CT molecular complexity index is 248. The Balaban J connectivity index is 2.31. The lowest BCUT2D eigenvalue weighted by atomic mass is 10.2.